The van der Waals surface area contributed by atoms with E-state index in [0.717, 1.165) is 64.9 Å². The van der Waals surface area contributed by atoms with Gasteiger partial charge in [0, 0.05) is 38.1 Å². The Balaban J connectivity index is 1.24. The zero-order valence-electron chi connectivity index (χ0n) is 19.5. The summed E-state index contributed by atoms with van der Waals surface area (Å²) in [7, 11) is -3.42. The molecule has 1 aliphatic carbocycles. The molecule has 2 aliphatic rings. The molecule has 2 fully saturated rings. The monoisotopic (exact) mass is 493 g/mol. The van der Waals surface area contributed by atoms with Crippen LogP contribution in [0.2, 0.25) is 0 Å². The highest BCUT2D eigenvalue weighted by Gasteiger charge is 2.37. The first-order valence-corrected chi connectivity index (χ1v) is 13.5. The Labute approximate surface area is 203 Å². The number of aromatic nitrogens is 7. The first-order valence-electron chi connectivity index (χ1n) is 12.0. The zero-order valence-corrected chi connectivity index (χ0v) is 20.4. The summed E-state index contributed by atoms with van der Waals surface area (Å²) in [4.78, 5) is 18.3. The highest BCUT2D eigenvalue weighted by atomic mass is 32.2. The predicted molar refractivity (Wildman–Crippen MR) is 129 cm³/mol. The summed E-state index contributed by atoms with van der Waals surface area (Å²) in [5, 5.41) is 3.73. The number of fused-ring (bicyclic) bond motifs is 1. The largest absolute Gasteiger partial charge is 0.381 e. The van der Waals surface area contributed by atoms with Gasteiger partial charge in [-0.15, -0.1) is 0 Å². The Morgan fingerprint density at radius 2 is 1.89 bits per heavy atom. The van der Waals surface area contributed by atoms with E-state index in [1.54, 1.807) is 6.20 Å². The molecule has 182 valence electrons. The molecule has 0 amide bonds. The van der Waals surface area contributed by atoms with Gasteiger partial charge in [0.1, 0.15) is 11.3 Å². The second-order valence-electron chi connectivity index (χ2n) is 9.38. The highest BCUT2D eigenvalue weighted by molar-refractivity contribution is 7.90. The van der Waals surface area contributed by atoms with Gasteiger partial charge in [-0.05, 0) is 50.7 Å². The van der Waals surface area contributed by atoms with Gasteiger partial charge in [0.15, 0.2) is 5.82 Å². The van der Waals surface area contributed by atoms with Gasteiger partial charge >= 0.3 is 0 Å². The van der Waals surface area contributed by atoms with Crippen molar-refractivity contribution in [3.63, 3.8) is 0 Å². The fraction of sp³-hybridized carbons (Fsp3) is 0.458. The number of aryl methyl sites for hydroxylation is 1. The van der Waals surface area contributed by atoms with Crippen molar-refractivity contribution in [2.45, 2.75) is 50.8 Å². The van der Waals surface area contributed by atoms with E-state index in [1.165, 1.54) is 12.4 Å². The molecule has 1 saturated heterocycles. The number of rotatable bonds is 7. The molecule has 0 spiro atoms. The van der Waals surface area contributed by atoms with E-state index < -0.39 is 10.0 Å². The lowest BCUT2D eigenvalue weighted by Crippen LogP contribution is -2.20. The summed E-state index contributed by atoms with van der Waals surface area (Å²) in [6.07, 6.45) is 10.5. The van der Waals surface area contributed by atoms with Crippen LogP contribution in [0, 0.1) is 12.8 Å². The smallest absolute Gasteiger partial charge is 0.256 e. The lowest BCUT2D eigenvalue weighted by atomic mass is 10.0. The average molecular weight is 494 g/mol. The van der Waals surface area contributed by atoms with Crippen LogP contribution in [0.15, 0.2) is 36.9 Å². The summed E-state index contributed by atoms with van der Waals surface area (Å²) in [6, 6.07) is 3.95. The lowest BCUT2D eigenvalue weighted by molar-refractivity contribution is 0.0614. The first-order chi connectivity index (χ1) is 17.0. The Morgan fingerprint density at radius 1 is 1.06 bits per heavy atom. The first kappa shape index (κ1) is 22.3. The number of hydrogen-bond acceptors (Lipinski definition) is 8. The molecule has 0 bridgehead atoms. The minimum Gasteiger partial charge on any atom is -0.381 e. The van der Waals surface area contributed by atoms with Crippen molar-refractivity contribution in [2.75, 3.05) is 13.2 Å². The van der Waals surface area contributed by atoms with Crippen molar-refractivity contribution in [3.8, 4) is 11.4 Å². The van der Waals surface area contributed by atoms with E-state index in [-0.39, 0.29) is 5.25 Å². The van der Waals surface area contributed by atoms with E-state index >= 15 is 0 Å². The lowest BCUT2D eigenvalue weighted by Gasteiger charge is -2.23. The third kappa shape index (κ3) is 4.45. The van der Waals surface area contributed by atoms with Gasteiger partial charge < -0.3 is 9.30 Å². The standard InChI is InChI=1S/C24H27N7O3S/c1-16-28-22-13-26-20(11-23(22)30(16)14-17-5-8-34-9-6-17)10-19-4-7-25-24(29-19)18-12-27-31(15-18)35(32,33)21-2-3-21/h4,7,11-13,15,17,21H,2-3,5-6,8-10,14H2,1H3. The third-order valence-corrected chi connectivity index (χ3v) is 8.80. The van der Waals surface area contributed by atoms with Crippen LogP contribution < -0.4 is 0 Å². The summed E-state index contributed by atoms with van der Waals surface area (Å²) in [5.41, 5.74) is 4.24. The van der Waals surface area contributed by atoms with Crippen LogP contribution in [-0.4, -0.2) is 60.6 Å². The summed E-state index contributed by atoms with van der Waals surface area (Å²) >= 11 is 0. The van der Waals surface area contributed by atoms with Crippen molar-refractivity contribution in [2.24, 2.45) is 5.92 Å². The van der Waals surface area contributed by atoms with Crippen LogP contribution in [0.3, 0.4) is 0 Å². The Bertz CT molecular complexity index is 1480. The Hall–Kier alpha value is -3.18. The van der Waals surface area contributed by atoms with Crippen LogP contribution >= 0.6 is 0 Å². The summed E-state index contributed by atoms with van der Waals surface area (Å²) < 4.78 is 33.7. The van der Waals surface area contributed by atoms with Crippen LogP contribution in [0.1, 0.15) is 42.9 Å². The van der Waals surface area contributed by atoms with Crippen molar-refractivity contribution in [1.82, 2.24) is 33.7 Å². The maximum Gasteiger partial charge on any atom is 0.256 e. The van der Waals surface area contributed by atoms with Crippen molar-refractivity contribution < 1.29 is 13.2 Å². The van der Waals surface area contributed by atoms with Gasteiger partial charge in [0.25, 0.3) is 10.0 Å². The van der Waals surface area contributed by atoms with E-state index in [2.05, 4.69) is 30.7 Å². The molecule has 10 nitrogen and oxygen atoms in total. The van der Waals surface area contributed by atoms with E-state index in [9.17, 15) is 8.42 Å². The molecule has 1 saturated carbocycles. The van der Waals surface area contributed by atoms with Crippen molar-refractivity contribution >= 4 is 21.1 Å². The van der Waals surface area contributed by atoms with E-state index in [0.29, 0.717) is 36.6 Å². The summed E-state index contributed by atoms with van der Waals surface area (Å²) in [5.74, 6) is 2.03. The van der Waals surface area contributed by atoms with Crippen LogP contribution in [0.5, 0.6) is 0 Å². The van der Waals surface area contributed by atoms with Gasteiger partial charge in [-0.1, -0.05) is 0 Å². The van der Waals surface area contributed by atoms with Crippen LogP contribution in [0.4, 0.5) is 0 Å². The molecule has 1 aliphatic heterocycles. The Kier molecular flexibility index (Phi) is 5.60. The maximum atomic E-state index is 12.4. The molecule has 0 unspecified atom stereocenters. The van der Waals surface area contributed by atoms with Crippen molar-refractivity contribution in [3.05, 3.63) is 54.1 Å². The number of nitrogens with zero attached hydrogens (tertiary/aromatic N) is 7. The summed E-state index contributed by atoms with van der Waals surface area (Å²) in [6.45, 7) is 4.62. The fourth-order valence-corrected chi connectivity index (χ4v) is 6.08. The van der Waals surface area contributed by atoms with Gasteiger partial charge in [0.05, 0.1) is 40.6 Å². The molecule has 5 heterocycles. The molecular formula is C24H27N7O3S. The number of ether oxygens (including phenoxy) is 1. The highest BCUT2D eigenvalue weighted by Crippen LogP contribution is 2.30. The van der Waals surface area contributed by atoms with Gasteiger partial charge in [-0.2, -0.15) is 9.19 Å². The molecule has 11 heteroatoms. The molecule has 6 rings (SSSR count). The van der Waals surface area contributed by atoms with Crippen LogP contribution in [-0.2, 0) is 27.7 Å². The van der Waals surface area contributed by atoms with Gasteiger partial charge in [0.2, 0.25) is 0 Å². The molecule has 0 N–H and O–H groups in total. The number of hydrogen-bond donors (Lipinski definition) is 0. The minimum absolute atomic E-state index is 0.327. The second kappa shape index (κ2) is 8.80. The number of pyridine rings is 1. The molecule has 4 aromatic heterocycles. The molecular weight excluding hydrogens is 466 g/mol. The fourth-order valence-electron chi connectivity index (χ4n) is 4.60. The van der Waals surface area contributed by atoms with Crippen LogP contribution in [0.25, 0.3) is 22.4 Å². The molecule has 0 radical (unpaired) electrons. The van der Waals surface area contributed by atoms with E-state index in [1.807, 2.05) is 19.2 Å². The molecule has 4 aromatic rings. The molecule has 35 heavy (non-hydrogen) atoms. The quantitative estimate of drug-likeness (QED) is 0.386. The number of imidazole rings is 1. The second-order valence-corrected chi connectivity index (χ2v) is 11.5. The molecule has 0 aromatic carbocycles. The minimum atomic E-state index is -3.42. The van der Waals surface area contributed by atoms with E-state index in [4.69, 9.17) is 9.72 Å². The van der Waals surface area contributed by atoms with Gasteiger partial charge in [-0.3, -0.25) is 4.98 Å². The predicted octanol–water partition coefficient (Wildman–Crippen LogP) is 2.75. The normalized spacial score (nSPS) is 17.3. The topological polar surface area (TPSA) is 118 Å². The average Bonchev–Trinajstić information content (AvgIpc) is 3.53. The van der Waals surface area contributed by atoms with Gasteiger partial charge in [-0.25, -0.2) is 23.4 Å². The Morgan fingerprint density at radius 3 is 2.69 bits per heavy atom. The third-order valence-electron chi connectivity index (χ3n) is 6.76. The molecule has 0 atom stereocenters. The zero-order chi connectivity index (χ0) is 24.0. The SMILES string of the molecule is Cc1nc2cnc(Cc3ccnc(-c4cnn(S(=O)(=O)C5CC5)c4)n3)cc2n1CC1CCOCC1. The van der Waals surface area contributed by atoms with Crippen molar-refractivity contribution in [1.29, 1.82) is 0 Å². The maximum absolute atomic E-state index is 12.4.